The number of aliphatic hydroxyl groups is 4. The number of piperazine rings is 2. The van der Waals surface area contributed by atoms with Crippen molar-refractivity contribution in [2.45, 2.75) is 206 Å². The van der Waals surface area contributed by atoms with Gasteiger partial charge >= 0.3 is 12.1 Å². The van der Waals surface area contributed by atoms with Gasteiger partial charge in [0.05, 0.1) is 44.1 Å². The first-order valence-corrected chi connectivity index (χ1v) is 36.3. The highest BCUT2D eigenvalue weighted by atomic mass is 16.6. The van der Waals surface area contributed by atoms with E-state index >= 15 is 0 Å². The van der Waals surface area contributed by atoms with Gasteiger partial charge in [-0.1, -0.05) is 71.1 Å². The van der Waals surface area contributed by atoms with Crippen LogP contribution in [0.3, 0.4) is 0 Å². The van der Waals surface area contributed by atoms with Gasteiger partial charge in [0.15, 0.2) is 5.78 Å². The number of ether oxygens (including phenoxy) is 6. The number of nitrogens with one attached hydrogen (secondary N) is 1. The summed E-state index contributed by atoms with van der Waals surface area (Å²) in [6.07, 6.45) is 14.9. The lowest BCUT2D eigenvalue weighted by Gasteiger charge is -2.43. The van der Waals surface area contributed by atoms with Crippen molar-refractivity contribution in [2.24, 2.45) is 35.5 Å². The molecular weight excluding hydrogens is 1280 g/mol. The summed E-state index contributed by atoms with van der Waals surface area (Å²) < 4.78 is 36.3. The molecule has 5 aliphatic heterocycles. The maximum atomic E-state index is 14.8. The molecule has 1 aliphatic carbocycles. The lowest BCUT2D eigenvalue weighted by atomic mass is 9.78. The van der Waals surface area contributed by atoms with E-state index in [4.69, 9.17) is 28.4 Å². The van der Waals surface area contributed by atoms with Crippen LogP contribution in [0.25, 0.3) is 0 Å². The minimum absolute atomic E-state index is 0.0131. The van der Waals surface area contributed by atoms with Gasteiger partial charge in [-0.2, -0.15) is 0 Å². The van der Waals surface area contributed by atoms with Crippen LogP contribution in [-0.2, 0) is 58.9 Å². The second-order valence-corrected chi connectivity index (χ2v) is 28.8. The zero-order valence-corrected chi connectivity index (χ0v) is 60.5. The van der Waals surface area contributed by atoms with E-state index in [1.165, 1.54) is 4.90 Å². The van der Waals surface area contributed by atoms with Gasteiger partial charge in [-0.3, -0.25) is 24.1 Å². The van der Waals surface area contributed by atoms with Crippen molar-refractivity contribution in [1.82, 2.24) is 40.0 Å². The number of piperidine rings is 1. The van der Waals surface area contributed by atoms with E-state index in [9.17, 15) is 49.2 Å². The number of allylic oxidation sites excluding steroid dienone is 5. The number of nitrogens with zero attached hydrogens (tertiary/aromatic N) is 9. The fourth-order valence-corrected chi connectivity index (χ4v) is 14.6. The zero-order chi connectivity index (χ0) is 72.2. The fraction of sp³-hybridized carbons (Fsp3) is 0.703. The number of rotatable bonds is 16. The molecule has 26 heteroatoms. The normalized spacial score (nSPS) is 32.2. The summed E-state index contributed by atoms with van der Waals surface area (Å²) in [7, 11) is 3.12. The first kappa shape index (κ1) is 79.1. The van der Waals surface area contributed by atoms with E-state index in [0.717, 1.165) is 49.8 Å². The molecule has 26 nitrogen and oxygen atoms in total. The summed E-state index contributed by atoms with van der Waals surface area (Å²) >= 11 is 0. The number of methoxy groups -OCH3 is 2. The fourth-order valence-electron chi connectivity index (χ4n) is 14.6. The minimum atomic E-state index is -2.48. The lowest BCUT2D eigenvalue weighted by Crippen LogP contribution is -2.61. The molecule has 7 heterocycles. The van der Waals surface area contributed by atoms with E-state index in [1.807, 2.05) is 80.3 Å². The molecule has 4 saturated heterocycles. The van der Waals surface area contributed by atoms with Gasteiger partial charge < -0.3 is 73.8 Å². The molecule has 554 valence electrons. The van der Waals surface area contributed by atoms with Crippen molar-refractivity contribution in [3.63, 3.8) is 0 Å². The first-order chi connectivity index (χ1) is 47.8. The van der Waals surface area contributed by atoms with E-state index < -0.39 is 114 Å². The number of cyclic esters (lactones) is 1. The molecule has 8 rings (SSSR count). The van der Waals surface area contributed by atoms with E-state index in [-0.39, 0.29) is 55.7 Å². The van der Waals surface area contributed by atoms with Crippen LogP contribution in [0.5, 0.6) is 0 Å². The number of hydrogen-bond donors (Lipinski definition) is 5. The standard InChI is InChI=1S/C74H112N10O16/c1-47-16-12-11-13-17-49(3)61(95-9)40-57-21-19-54(8)74(94,100-57)68(90)69(91)84-24-15-14-18-58(84)70(92)98-62(41-59(85)50(4)37-53(7)66(88)67(89)65(87)52(6)36-47)51(5)38-55-20-22-60(63(39-55)96-10)99-73(93)79-46-56-44-77-72(78-45-56)83-31-29-81(30-32-83)64(86)23-34-97-35-33-80-25-27-82(28-26-80)71-75-42-48(2)43-76-71/h11-13,16-17,37,42-45,47,50-52,54-55,57-63,66-67,85,88-89,94H,14-15,18-36,38-41,46H2,1-10H3,(H,79,93)/b13-11?,16-12+,49-17?,53-37+/t47-,50-,51-,52-,54-,55+,57+,58+,59-,60-,61+,62+,63-,66-,67+,74-/m1/s1. The number of aromatic nitrogens is 4. The SMILES string of the molecule is CO[C@H]1C[C@@H]2CC[C@@H](C)[C@@](O)(O2)C(=O)C(=O)N2CCCC[C@H]2C(=O)O[C@H]([C@H](C)C[C@@H]2CC[C@@H](OC(=O)NCc3cnc(N4CCN(C(=O)CCOCCN5CCN(c6ncc(C)cn6)CC5)CC4)nc3)[C@H](OC)C2)C[C@@H](O)[C@H](C)/C=C(\C)[C@@H](O)[C@@H](O)C(=O)[C@H](C)C[C@H](C)/C=C/C=CC=C1C. The van der Waals surface area contributed by atoms with Crippen LogP contribution >= 0.6 is 0 Å². The van der Waals surface area contributed by atoms with E-state index in [1.54, 1.807) is 60.4 Å². The molecule has 100 heavy (non-hydrogen) atoms. The predicted octanol–water partition coefficient (Wildman–Crippen LogP) is 6.02. The van der Waals surface area contributed by atoms with Gasteiger partial charge in [0, 0.05) is 147 Å². The Labute approximate surface area is 590 Å². The Hall–Kier alpha value is -6.62. The van der Waals surface area contributed by atoms with Crippen LogP contribution < -0.4 is 15.1 Å². The Morgan fingerprint density at radius 1 is 0.730 bits per heavy atom. The van der Waals surface area contributed by atoms with Gasteiger partial charge in [-0.05, 0) is 119 Å². The number of aryl methyl sites for hydroxylation is 1. The average molecular weight is 1400 g/mol. The van der Waals surface area contributed by atoms with Crippen molar-refractivity contribution in [2.75, 3.05) is 103 Å². The average Bonchev–Trinajstić information content (AvgIpc) is 0.773. The van der Waals surface area contributed by atoms with Crippen LogP contribution in [0.15, 0.2) is 72.4 Å². The summed E-state index contributed by atoms with van der Waals surface area (Å²) in [6.45, 7) is 22.0. The molecule has 5 fully saturated rings. The topological polar surface area (TPSA) is 319 Å². The minimum Gasteiger partial charge on any atom is -0.460 e. The summed E-state index contributed by atoms with van der Waals surface area (Å²) in [5.41, 5.74) is 2.82. The quantitative estimate of drug-likeness (QED) is 0.0555. The monoisotopic (exact) mass is 1400 g/mol. The highest BCUT2D eigenvalue weighted by molar-refractivity contribution is 6.39. The number of ketones is 2. The number of carbonyl (C=O) groups is 6. The Balaban J connectivity index is 0.843. The molecule has 0 spiro atoms. The van der Waals surface area contributed by atoms with Crippen molar-refractivity contribution in [1.29, 1.82) is 0 Å². The molecular formula is C74H112N10O16. The molecule has 6 aliphatic rings. The number of anilines is 2. The summed E-state index contributed by atoms with van der Waals surface area (Å²) in [5, 5.41) is 49.5. The number of amides is 3. The highest BCUT2D eigenvalue weighted by Gasteiger charge is 2.53. The smallest absolute Gasteiger partial charge is 0.407 e. The number of carbonyl (C=O) groups excluding carboxylic acids is 6. The molecule has 2 aromatic rings. The Morgan fingerprint density at radius 2 is 1.41 bits per heavy atom. The molecule has 0 radical (unpaired) electrons. The molecule has 2 aromatic heterocycles. The van der Waals surface area contributed by atoms with Crippen molar-refractivity contribution in [3.8, 4) is 0 Å². The van der Waals surface area contributed by atoms with Crippen LogP contribution in [0.2, 0.25) is 0 Å². The second-order valence-electron chi connectivity index (χ2n) is 28.8. The van der Waals surface area contributed by atoms with Crippen LogP contribution in [0.1, 0.15) is 143 Å². The third-order valence-corrected chi connectivity index (χ3v) is 21.1. The zero-order valence-electron chi connectivity index (χ0n) is 60.5. The Kier molecular flexibility index (Phi) is 30.1. The van der Waals surface area contributed by atoms with E-state index in [0.29, 0.717) is 115 Å². The molecule has 16 atom stereocenters. The molecule has 2 bridgehead atoms. The van der Waals surface area contributed by atoms with Gasteiger partial charge in [0.2, 0.25) is 23.6 Å². The van der Waals surface area contributed by atoms with Crippen LogP contribution in [0, 0.1) is 42.4 Å². The Bertz CT molecular complexity index is 3120. The number of alkyl carbamates (subject to hydrolysis) is 1. The van der Waals surface area contributed by atoms with Crippen LogP contribution in [-0.4, -0.2) is 244 Å². The van der Waals surface area contributed by atoms with Crippen molar-refractivity contribution in [3.05, 3.63) is 83.5 Å². The van der Waals surface area contributed by atoms with Crippen molar-refractivity contribution < 1.29 is 77.6 Å². The summed E-state index contributed by atoms with van der Waals surface area (Å²) in [5.74, 6) is -7.14. The van der Waals surface area contributed by atoms with E-state index in [2.05, 4.69) is 35.1 Å². The lowest BCUT2D eigenvalue weighted by molar-refractivity contribution is -0.265. The number of fused-ring (bicyclic) bond motifs is 3. The second kappa shape index (κ2) is 38.1. The van der Waals surface area contributed by atoms with Gasteiger partial charge in [0.25, 0.3) is 11.7 Å². The largest absolute Gasteiger partial charge is 0.460 e. The maximum absolute atomic E-state index is 14.8. The third kappa shape index (κ3) is 22.0. The summed E-state index contributed by atoms with van der Waals surface area (Å²) in [6, 6.07) is -1.19. The predicted molar refractivity (Wildman–Crippen MR) is 374 cm³/mol. The highest BCUT2D eigenvalue weighted by Crippen LogP contribution is 2.39. The van der Waals surface area contributed by atoms with Gasteiger partial charge in [-0.25, -0.2) is 29.5 Å². The van der Waals surface area contributed by atoms with Crippen molar-refractivity contribution >= 4 is 47.3 Å². The molecule has 3 amide bonds. The number of Topliss-reactive ketones (excluding diaryl/α,β-unsaturated/α-hetero) is 2. The third-order valence-electron chi connectivity index (χ3n) is 21.1. The molecule has 1 saturated carbocycles. The molecule has 0 aromatic carbocycles. The molecule has 0 unspecified atom stereocenters. The number of esters is 1. The molecule has 5 N–H and O–H groups in total. The van der Waals surface area contributed by atoms with Gasteiger partial charge in [0.1, 0.15) is 30.5 Å². The Morgan fingerprint density at radius 3 is 2.09 bits per heavy atom. The summed E-state index contributed by atoms with van der Waals surface area (Å²) in [4.78, 5) is 111. The van der Waals surface area contributed by atoms with Gasteiger partial charge in [-0.15, -0.1) is 0 Å². The number of aliphatic hydroxyl groups excluding tert-OH is 3. The van der Waals surface area contributed by atoms with Crippen LogP contribution in [0.4, 0.5) is 16.7 Å². The number of hydrogen-bond acceptors (Lipinski definition) is 23. The first-order valence-electron chi connectivity index (χ1n) is 36.3. The maximum Gasteiger partial charge on any atom is 0.407 e.